The summed E-state index contributed by atoms with van der Waals surface area (Å²) in [5.74, 6) is 1.12. The topological polar surface area (TPSA) is 76.4 Å². The molecule has 7 heteroatoms. The van der Waals surface area contributed by atoms with Crippen LogP contribution in [0, 0.1) is 6.92 Å². The van der Waals surface area contributed by atoms with Gasteiger partial charge in [-0.3, -0.25) is 4.79 Å². The molecular weight excluding hydrogens is 374 g/mol. The smallest absolute Gasteiger partial charge is 0.238 e. The molecule has 144 valence electrons. The lowest BCUT2D eigenvalue weighted by atomic mass is 10.0. The third-order valence-electron chi connectivity index (χ3n) is 4.83. The number of aryl methyl sites for hydroxylation is 1. The first-order valence-corrected chi connectivity index (χ1v) is 9.92. The van der Waals surface area contributed by atoms with Crippen molar-refractivity contribution in [1.82, 2.24) is 9.78 Å². The molecule has 28 heavy (non-hydrogen) atoms. The number of aromatic nitrogens is 2. The van der Waals surface area contributed by atoms with Crippen molar-refractivity contribution >= 4 is 23.5 Å². The predicted molar refractivity (Wildman–Crippen MR) is 110 cm³/mol. The fraction of sp³-hybridized carbons (Fsp3) is 0.238. The molecule has 0 spiro atoms. The monoisotopic (exact) mass is 395 g/mol. The number of thioether (sulfide) groups is 1. The number of rotatable bonds is 3. The molecule has 0 saturated carbocycles. The molecule has 0 aliphatic carbocycles. The van der Waals surface area contributed by atoms with E-state index in [4.69, 9.17) is 9.84 Å². The standard InChI is InChI=1S/C21H21N3O3S/c1-12-18-19(14-9-10-16(25)17(11-14)27-3)28-13(2)21(26)22-20(18)24(23-12)15-7-5-4-6-8-15/h4-11,13,19,25H,1-3H3,(H,22,26). The van der Waals surface area contributed by atoms with Gasteiger partial charge in [0.05, 0.1) is 29.0 Å². The number of benzene rings is 2. The Hall–Kier alpha value is -2.93. The van der Waals surface area contributed by atoms with Crippen molar-refractivity contribution in [3.8, 4) is 17.2 Å². The summed E-state index contributed by atoms with van der Waals surface area (Å²) in [5.41, 5.74) is 3.63. The summed E-state index contributed by atoms with van der Waals surface area (Å²) in [6, 6.07) is 15.0. The Kier molecular flexibility index (Phi) is 4.77. The molecule has 6 nitrogen and oxygen atoms in total. The van der Waals surface area contributed by atoms with Gasteiger partial charge in [-0.05, 0) is 43.7 Å². The van der Waals surface area contributed by atoms with Crippen LogP contribution in [0.15, 0.2) is 48.5 Å². The van der Waals surface area contributed by atoms with E-state index < -0.39 is 0 Å². The maximum atomic E-state index is 12.7. The molecule has 0 bridgehead atoms. The highest BCUT2D eigenvalue weighted by Gasteiger charge is 2.34. The Balaban J connectivity index is 1.91. The molecule has 2 aromatic carbocycles. The van der Waals surface area contributed by atoms with Gasteiger partial charge in [-0.25, -0.2) is 4.68 Å². The van der Waals surface area contributed by atoms with Crippen LogP contribution in [-0.2, 0) is 4.79 Å². The summed E-state index contributed by atoms with van der Waals surface area (Å²) in [6.07, 6.45) is 0. The van der Waals surface area contributed by atoms with Crippen LogP contribution in [0.25, 0.3) is 5.69 Å². The van der Waals surface area contributed by atoms with Gasteiger partial charge < -0.3 is 15.2 Å². The van der Waals surface area contributed by atoms with Crippen LogP contribution >= 0.6 is 11.8 Å². The highest BCUT2D eigenvalue weighted by Crippen LogP contribution is 2.47. The number of aromatic hydroxyl groups is 1. The lowest BCUT2D eigenvalue weighted by Gasteiger charge is -2.18. The average molecular weight is 395 g/mol. The number of phenols is 1. The molecule has 1 aliphatic rings. The molecule has 2 atom stereocenters. The number of carbonyl (C=O) groups is 1. The lowest BCUT2D eigenvalue weighted by Crippen LogP contribution is -2.22. The minimum Gasteiger partial charge on any atom is -0.504 e. The summed E-state index contributed by atoms with van der Waals surface area (Å²) < 4.78 is 7.07. The number of para-hydroxylation sites is 1. The second-order valence-electron chi connectivity index (χ2n) is 6.67. The number of ether oxygens (including phenoxy) is 1. The highest BCUT2D eigenvalue weighted by molar-refractivity contribution is 8.01. The van der Waals surface area contributed by atoms with Crippen molar-refractivity contribution in [2.75, 3.05) is 12.4 Å². The Morgan fingerprint density at radius 1 is 1.21 bits per heavy atom. The molecular formula is C21H21N3O3S. The number of fused-ring (bicyclic) bond motifs is 1. The van der Waals surface area contributed by atoms with E-state index in [1.807, 2.05) is 56.3 Å². The van der Waals surface area contributed by atoms with Crippen LogP contribution in [0.3, 0.4) is 0 Å². The van der Waals surface area contributed by atoms with Crippen molar-refractivity contribution in [3.63, 3.8) is 0 Å². The summed E-state index contributed by atoms with van der Waals surface area (Å²) in [4.78, 5) is 12.7. The van der Waals surface area contributed by atoms with Crippen LogP contribution in [0.5, 0.6) is 11.5 Å². The number of hydrogen-bond acceptors (Lipinski definition) is 5. The number of nitrogens with zero attached hydrogens (tertiary/aromatic N) is 2. The normalized spacial score (nSPS) is 18.9. The molecule has 0 fully saturated rings. The zero-order valence-corrected chi connectivity index (χ0v) is 16.7. The van der Waals surface area contributed by atoms with Crippen LogP contribution in [0.4, 0.5) is 5.82 Å². The molecule has 1 aromatic heterocycles. The average Bonchev–Trinajstić information content (AvgIpc) is 2.95. The second-order valence-corrected chi connectivity index (χ2v) is 8.12. The van der Waals surface area contributed by atoms with E-state index in [9.17, 15) is 9.90 Å². The molecule has 4 rings (SSSR count). The minimum absolute atomic E-state index is 0.0587. The van der Waals surface area contributed by atoms with E-state index in [2.05, 4.69) is 5.32 Å². The van der Waals surface area contributed by atoms with Crippen molar-refractivity contribution in [3.05, 3.63) is 65.4 Å². The lowest BCUT2D eigenvalue weighted by molar-refractivity contribution is -0.115. The van der Waals surface area contributed by atoms with Crippen molar-refractivity contribution in [2.45, 2.75) is 24.3 Å². The SMILES string of the molecule is COc1cc(C2SC(C)C(=O)Nc3c2c(C)nn3-c2ccccc2)ccc1O. The quantitative estimate of drug-likeness (QED) is 0.699. The summed E-state index contributed by atoms with van der Waals surface area (Å²) in [6.45, 7) is 3.85. The molecule has 0 saturated heterocycles. The number of carbonyl (C=O) groups excluding carboxylic acids is 1. The number of amides is 1. The van der Waals surface area contributed by atoms with Crippen molar-refractivity contribution < 1.29 is 14.6 Å². The first kappa shape index (κ1) is 18.4. The Morgan fingerprint density at radius 3 is 2.68 bits per heavy atom. The zero-order valence-electron chi connectivity index (χ0n) is 15.8. The molecule has 3 aromatic rings. The van der Waals surface area contributed by atoms with E-state index >= 15 is 0 Å². The van der Waals surface area contributed by atoms with Crippen LogP contribution in [0.1, 0.15) is 29.0 Å². The van der Waals surface area contributed by atoms with E-state index in [1.54, 1.807) is 22.5 Å². The fourth-order valence-corrected chi connectivity index (χ4v) is 4.70. The molecule has 0 radical (unpaired) electrons. The van der Waals surface area contributed by atoms with Crippen LogP contribution in [-0.4, -0.2) is 33.2 Å². The summed E-state index contributed by atoms with van der Waals surface area (Å²) in [7, 11) is 1.52. The van der Waals surface area contributed by atoms with Gasteiger partial charge in [0.25, 0.3) is 0 Å². The number of hydrogen-bond donors (Lipinski definition) is 2. The molecule has 2 heterocycles. The van der Waals surface area contributed by atoms with Gasteiger partial charge in [-0.2, -0.15) is 5.10 Å². The van der Waals surface area contributed by atoms with Gasteiger partial charge in [0.2, 0.25) is 5.91 Å². The number of methoxy groups -OCH3 is 1. The maximum absolute atomic E-state index is 12.7. The molecule has 1 aliphatic heterocycles. The number of nitrogens with one attached hydrogen (secondary N) is 1. The van der Waals surface area contributed by atoms with E-state index in [1.165, 1.54) is 7.11 Å². The van der Waals surface area contributed by atoms with E-state index in [0.29, 0.717) is 11.6 Å². The molecule has 2 N–H and O–H groups in total. The second kappa shape index (κ2) is 7.24. The molecule has 1 amide bonds. The van der Waals surface area contributed by atoms with Gasteiger partial charge in [-0.15, -0.1) is 11.8 Å². The summed E-state index contributed by atoms with van der Waals surface area (Å²) >= 11 is 1.56. The van der Waals surface area contributed by atoms with Gasteiger partial charge in [0, 0.05) is 5.56 Å². The first-order valence-electron chi connectivity index (χ1n) is 8.97. The Labute approximate surface area is 167 Å². The third kappa shape index (κ3) is 3.11. The Morgan fingerprint density at radius 2 is 1.96 bits per heavy atom. The first-order chi connectivity index (χ1) is 13.5. The molecule has 2 unspecified atom stereocenters. The number of phenolic OH excluding ortho intramolecular Hbond substituents is 1. The third-order valence-corrected chi connectivity index (χ3v) is 6.23. The van der Waals surface area contributed by atoms with Crippen molar-refractivity contribution in [2.24, 2.45) is 0 Å². The van der Waals surface area contributed by atoms with E-state index in [0.717, 1.165) is 22.5 Å². The number of anilines is 1. The maximum Gasteiger partial charge on any atom is 0.238 e. The zero-order chi connectivity index (χ0) is 19.8. The van der Waals surface area contributed by atoms with Gasteiger partial charge >= 0.3 is 0 Å². The van der Waals surface area contributed by atoms with E-state index in [-0.39, 0.29) is 22.2 Å². The van der Waals surface area contributed by atoms with Gasteiger partial charge in [0.1, 0.15) is 5.82 Å². The highest BCUT2D eigenvalue weighted by atomic mass is 32.2. The van der Waals surface area contributed by atoms with Gasteiger partial charge in [-0.1, -0.05) is 24.3 Å². The van der Waals surface area contributed by atoms with Gasteiger partial charge in [0.15, 0.2) is 11.5 Å². The largest absolute Gasteiger partial charge is 0.504 e. The predicted octanol–water partition coefficient (Wildman–Crippen LogP) is 4.06. The van der Waals surface area contributed by atoms with Crippen LogP contribution < -0.4 is 10.1 Å². The fourth-order valence-electron chi connectivity index (χ4n) is 3.38. The Bertz CT molecular complexity index is 1030. The minimum atomic E-state index is -0.249. The van der Waals surface area contributed by atoms with Crippen molar-refractivity contribution in [1.29, 1.82) is 0 Å². The van der Waals surface area contributed by atoms with Crippen LogP contribution in [0.2, 0.25) is 0 Å². The summed E-state index contributed by atoms with van der Waals surface area (Å²) in [5, 5.41) is 17.4.